The van der Waals surface area contributed by atoms with Crippen LogP contribution in [0.3, 0.4) is 0 Å². The fourth-order valence-electron chi connectivity index (χ4n) is 0.587. The quantitative estimate of drug-likeness (QED) is 0.241. The Morgan fingerprint density at radius 1 is 1.75 bits per heavy atom. The van der Waals surface area contributed by atoms with Crippen LogP contribution >= 0.6 is 11.8 Å². The summed E-state index contributed by atoms with van der Waals surface area (Å²) in [7, 11) is 0. The predicted molar refractivity (Wildman–Crippen MR) is 48.6 cm³/mol. The van der Waals surface area contributed by atoms with Crippen molar-refractivity contribution in [2.24, 2.45) is 5.16 Å². The Hall–Kier alpha value is -0.710. The average Bonchev–Trinajstić information content (AvgIpc) is 2.04. The molecule has 5 heteroatoms. The second-order valence-corrected chi connectivity index (χ2v) is 3.66. The van der Waals surface area contributed by atoms with Crippen LogP contribution in [0, 0.1) is 0 Å². The highest BCUT2D eigenvalue weighted by molar-refractivity contribution is 8.14. The molecule has 0 saturated carbocycles. The number of carbonyl (C=O) groups excluding carboxylic acids is 1. The molecule has 0 aliphatic carbocycles. The predicted octanol–water partition coefficient (Wildman–Crippen LogP) is 1.48. The van der Waals surface area contributed by atoms with Gasteiger partial charge in [-0.15, -0.1) is 0 Å². The Balaban J connectivity index is 3.86. The number of oxime groups is 1. The van der Waals surface area contributed by atoms with E-state index in [4.69, 9.17) is 9.94 Å². The van der Waals surface area contributed by atoms with Gasteiger partial charge in [-0.05, 0) is 20.8 Å². The third-order valence-electron chi connectivity index (χ3n) is 1.11. The van der Waals surface area contributed by atoms with Crippen molar-refractivity contribution in [1.82, 2.24) is 0 Å². The van der Waals surface area contributed by atoms with Gasteiger partial charge in [0.15, 0.2) is 0 Å². The second kappa shape index (κ2) is 5.88. The molecular formula is C7H13NO3S. The Labute approximate surface area is 76.0 Å². The summed E-state index contributed by atoms with van der Waals surface area (Å²) < 4.78 is 4.75. The summed E-state index contributed by atoms with van der Waals surface area (Å²) in [5.74, 6) is -0.287. The first-order valence-corrected chi connectivity index (χ1v) is 4.51. The third-order valence-corrected chi connectivity index (χ3v) is 2.08. The van der Waals surface area contributed by atoms with E-state index in [1.165, 1.54) is 11.8 Å². The lowest BCUT2D eigenvalue weighted by molar-refractivity contribution is -0.142. The van der Waals surface area contributed by atoms with E-state index < -0.39 is 0 Å². The molecule has 0 amide bonds. The van der Waals surface area contributed by atoms with Gasteiger partial charge in [0.05, 0.1) is 6.61 Å². The number of esters is 1. The summed E-state index contributed by atoms with van der Waals surface area (Å²) in [6, 6.07) is 0. The van der Waals surface area contributed by atoms with Crippen molar-refractivity contribution < 1.29 is 14.7 Å². The number of nitrogens with zero attached hydrogens (tertiary/aromatic N) is 1. The maximum Gasteiger partial charge on any atom is 0.319 e. The van der Waals surface area contributed by atoms with Gasteiger partial charge in [-0.3, -0.25) is 4.79 Å². The van der Waals surface area contributed by atoms with Gasteiger partial charge in [0.1, 0.15) is 10.3 Å². The zero-order valence-corrected chi connectivity index (χ0v) is 8.22. The summed E-state index contributed by atoms with van der Waals surface area (Å²) in [6.45, 7) is 5.46. The molecule has 0 aliphatic heterocycles. The largest absolute Gasteiger partial charge is 0.465 e. The van der Waals surface area contributed by atoms with Crippen LogP contribution in [0.15, 0.2) is 5.16 Å². The van der Waals surface area contributed by atoms with Crippen LogP contribution in [0.2, 0.25) is 0 Å². The molecule has 0 aromatic rings. The fourth-order valence-corrected chi connectivity index (χ4v) is 1.31. The van der Waals surface area contributed by atoms with Gasteiger partial charge in [0, 0.05) is 0 Å². The maximum atomic E-state index is 11.0. The lowest BCUT2D eigenvalue weighted by Gasteiger charge is -2.07. The smallest absolute Gasteiger partial charge is 0.319 e. The molecule has 0 heterocycles. The zero-order chi connectivity index (χ0) is 9.56. The van der Waals surface area contributed by atoms with E-state index in [1.54, 1.807) is 20.8 Å². The minimum Gasteiger partial charge on any atom is -0.465 e. The van der Waals surface area contributed by atoms with Crippen molar-refractivity contribution in [1.29, 1.82) is 0 Å². The van der Waals surface area contributed by atoms with Gasteiger partial charge in [0.25, 0.3) is 0 Å². The Morgan fingerprint density at radius 3 is 2.75 bits per heavy atom. The molecular weight excluding hydrogens is 178 g/mol. The first-order chi connectivity index (χ1) is 5.61. The van der Waals surface area contributed by atoms with Crippen LogP contribution in [-0.4, -0.2) is 28.1 Å². The van der Waals surface area contributed by atoms with Crippen LogP contribution in [0.5, 0.6) is 0 Å². The number of hydrogen-bond donors (Lipinski definition) is 1. The lowest BCUT2D eigenvalue weighted by atomic mass is 10.5. The van der Waals surface area contributed by atoms with E-state index in [9.17, 15) is 4.79 Å². The SMILES string of the molecule is CCOC(=O)C(C)SC(C)=NO. The van der Waals surface area contributed by atoms with Crippen molar-refractivity contribution >= 4 is 22.8 Å². The molecule has 4 nitrogen and oxygen atoms in total. The Morgan fingerprint density at radius 2 is 2.33 bits per heavy atom. The normalized spacial score (nSPS) is 14.1. The van der Waals surface area contributed by atoms with Gasteiger partial charge in [-0.2, -0.15) is 0 Å². The van der Waals surface area contributed by atoms with Crippen LogP contribution < -0.4 is 0 Å². The minimum atomic E-state index is -0.319. The summed E-state index contributed by atoms with van der Waals surface area (Å²) in [4.78, 5) is 11.0. The molecule has 1 unspecified atom stereocenters. The molecule has 0 rings (SSSR count). The third kappa shape index (κ3) is 4.23. The number of carbonyl (C=O) groups is 1. The molecule has 1 N–H and O–H groups in total. The maximum absolute atomic E-state index is 11.0. The number of rotatable bonds is 3. The fraction of sp³-hybridized carbons (Fsp3) is 0.714. The Kier molecular flexibility index (Phi) is 5.53. The average molecular weight is 191 g/mol. The zero-order valence-electron chi connectivity index (χ0n) is 7.40. The summed E-state index contributed by atoms with van der Waals surface area (Å²) in [5.41, 5.74) is 0. The molecule has 0 saturated heterocycles. The van der Waals surface area contributed by atoms with E-state index in [1.807, 2.05) is 0 Å². The van der Waals surface area contributed by atoms with E-state index in [-0.39, 0.29) is 11.2 Å². The van der Waals surface area contributed by atoms with Gasteiger partial charge < -0.3 is 9.94 Å². The van der Waals surface area contributed by atoms with Crippen LogP contribution in [0.4, 0.5) is 0 Å². The molecule has 0 fully saturated rings. The van der Waals surface area contributed by atoms with Crippen molar-refractivity contribution in [3.63, 3.8) is 0 Å². The second-order valence-electron chi connectivity index (χ2n) is 2.13. The molecule has 12 heavy (non-hydrogen) atoms. The summed E-state index contributed by atoms with van der Waals surface area (Å²) in [5, 5.41) is 11.4. The molecule has 0 radical (unpaired) electrons. The topological polar surface area (TPSA) is 58.9 Å². The minimum absolute atomic E-state index is 0.287. The highest BCUT2D eigenvalue weighted by atomic mass is 32.2. The van der Waals surface area contributed by atoms with E-state index >= 15 is 0 Å². The lowest BCUT2D eigenvalue weighted by Crippen LogP contribution is -2.17. The summed E-state index contributed by atoms with van der Waals surface area (Å²) >= 11 is 1.17. The molecule has 70 valence electrons. The van der Waals surface area contributed by atoms with Crippen LogP contribution in [0.1, 0.15) is 20.8 Å². The van der Waals surface area contributed by atoms with E-state index in [2.05, 4.69) is 5.16 Å². The van der Waals surface area contributed by atoms with E-state index in [0.717, 1.165) is 0 Å². The van der Waals surface area contributed by atoms with Crippen molar-refractivity contribution in [3.8, 4) is 0 Å². The summed E-state index contributed by atoms with van der Waals surface area (Å²) in [6.07, 6.45) is 0. The number of thioether (sulfide) groups is 1. The van der Waals surface area contributed by atoms with Crippen LogP contribution in [-0.2, 0) is 9.53 Å². The first-order valence-electron chi connectivity index (χ1n) is 3.63. The molecule has 1 atom stereocenters. The number of hydrogen-bond acceptors (Lipinski definition) is 5. The molecule has 0 bridgehead atoms. The molecule has 0 aliphatic rings. The molecule has 0 aromatic carbocycles. The van der Waals surface area contributed by atoms with Crippen LogP contribution in [0.25, 0.3) is 0 Å². The first kappa shape index (κ1) is 11.3. The monoisotopic (exact) mass is 191 g/mol. The van der Waals surface area contributed by atoms with E-state index in [0.29, 0.717) is 11.7 Å². The molecule has 0 aromatic heterocycles. The van der Waals surface area contributed by atoms with Gasteiger partial charge in [-0.1, -0.05) is 16.9 Å². The molecule has 0 spiro atoms. The van der Waals surface area contributed by atoms with Gasteiger partial charge in [-0.25, -0.2) is 0 Å². The van der Waals surface area contributed by atoms with Crippen molar-refractivity contribution in [3.05, 3.63) is 0 Å². The highest BCUT2D eigenvalue weighted by Crippen LogP contribution is 2.13. The van der Waals surface area contributed by atoms with Crippen molar-refractivity contribution in [2.45, 2.75) is 26.0 Å². The Bertz CT molecular complexity index is 181. The standard InChI is InChI=1S/C7H13NO3S/c1-4-11-7(9)5(2)12-6(3)8-10/h5,10H,4H2,1-3H3. The highest BCUT2D eigenvalue weighted by Gasteiger charge is 2.15. The van der Waals surface area contributed by atoms with Crippen molar-refractivity contribution in [2.75, 3.05) is 6.61 Å². The number of ether oxygens (including phenoxy) is 1. The van der Waals surface area contributed by atoms with Gasteiger partial charge in [0.2, 0.25) is 0 Å². The van der Waals surface area contributed by atoms with Gasteiger partial charge >= 0.3 is 5.97 Å².